The molecule has 0 spiro atoms. The molecule has 5 rings (SSSR count). The molecule has 5 aromatic rings. The Morgan fingerprint density at radius 2 is 2.00 bits per heavy atom. The lowest BCUT2D eigenvalue weighted by molar-refractivity contribution is 0.0943. The zero-order valence-corrected chi connectivity index (χ0v) is 17.1. The molecule has 0 bridgehead atoms. The van der Waals surface area contributed by atoms with Crippen molar-refractivity contribution < 1.29 is 18.1 Å². The fourth-order valence-electron chi connectivity index (χ4n) is 3.34. The summed E-state index contributed by atoms with van der Waals surface area (Å²) in [5, 5.41) is 11.0. The van der Waals surface area contributed by atoms with E-state index < -0.39 is 5.91 Å². The number of rotatable bonds is 7. The van der Waals surface area contributed by atoms with Crippen LogP contribution in [0.2, 0.25) is 0 Å². The van der Waals surface area contributed by atoms with Gasteiger partial charge in [-0.15, -0.1) is 0 Å². The topological polar surface area (TPSA) is 121 Å². The van der Waals surface area contributed by atoms with Gasteiger partial charge in [0.2, 0.25) is 5.76 Å². The highest BCUT2D eigenvalue weighted by Crippen LogP contribution is 2.20. The number of hydrogen-bond donors (Lipinski definition) is 1. The van der Waals surface area contributed by atoms with Crippen LogP contribution in [0.3, 0.4) is 0 Å². The molecule has 0 aliphatic rings. The van der Waals surface area contributed by atoms with Crippen LogP contribution in [-0.4, -0.2) is 36.9 Å². The Bertz CT molecular complexity index is 1470. The monoisotopic (exact) mass is 448 g/mol. The minimum atomic E-state index is -0.414. The van der Waals surface area contributed by atoms with E-state index >= 15 is 0 Å². The van der Waals surface area contributed by atoms with Crippen LogP contribution in [0.4, 0.5) is 4.39 Å². The molecule has 4 heterocycles. The highest BCUT2D eigenvalue weighted by molar-refractivity contribution is 5.92. The van der Waals surface area contributed by atoms with Crippen molar-refractivity contribution in [2.45, 2.75) is 13.1 Å². The highest BCUT2D eigenvalue weighted by atomic mass is 19.1. The zero-order valence-electron chi connectivity index (χ0n) is 17.1. The quantitative estimate of drug-likeness (QED) is 0.406. The zero-order chi connectivity index (χ0) is 22.8. The van der Waals surface area contributed by atoms with Crippen molar-refractivity contribution in [3.63, 3.8) is 0 Å². The summed E-state index contributed by atoms with van der Waals surface area (Å²) in [6.45, 7) is 0.798. The van der Waals surface area contributed by atoms with Crippen LogP contribution in [-0.2, 0) is 13.1 Å². The van der Waals surface area contributed by atoms with E-state index in [1.165, 1.54) is 46.2 Å². The number of amides is 1. The summed E-state index contributed by atoms with van der Waals surface area (Å²) in [6, 6.07) is 10.8. The molecule has 33 heavy (non-hydrogen) atoms. The van der Waals surface area contributed by atoms with Crippen LogP contribution >= 0.6 is 0 Å². The van der Waals surface area contributed by atoms with Gasteiger partial charge in [-0.05, 0) is 29.8 Å². The Labute approximate surface area is 185 Å². The lowest BCUT2D eigenvalue weighted by Gasteiger charge is -2.07. The fourth-order valence-corrected chi connectivity index (χ4v) is 3.34. The summed E-state index contributed by atoms with van der Waals surface area (Å²) in [5.41, 5.74) is 1.05. The molecule has 0 aliphatic heterocycles. The molecule has 166 valence electrons. The number of furan rings is 1. The van der Waals surface area contributed by atoms with Crippen LogP contribution in [0.5, 0.6) is 0 Å². The van der Waals surface area contributed by atoms with Crippen molar-refractivity contribution in [3.8, 4) is 11.5 Å². The first-order valence-electron chi connectivity index (χ1n) is 10.0. The third-order valence-electron chi connectivity index (χ3n) is 5.00. The minimum absolute atomic E-state index is 0.119. The van der Waals surface area contributed by atoms with E-state index in [-0.39, 0.29) is 30.2 Å². The summed E-state index contributed by atoms with van der Waals surface area (Å²) >= 11 is 0. The van der Waals surface area contributed by atoms with Crippen molar-refractivity contribution in [1.82, 2.24) is 29.8 Å². The molecule has 1 amide bonds. The first-order valence-corrected chi connectivity index (χ1v) is 10.0. The van der Waals surface area contributed by atoms with Gasteiger partial charge in [-0.3, -0.25) is 14.2 Å². The molecule has 0 aliphatic carbocycles. The molecule has 1 aromatic carbocycles. The number of benzene rings is 1. The minimum Gasteiger partial charge on any atom is -0.461 e. The van der Waals surface area contributed by atoms with Gasteiger partial charge in [0.25, 0.3) is 11.5 Å². The average Bonchev–Trinajstić information content (AvgIpc) is 3.58. The Kier molecular flexibility index (Phi) is 5.27. The molecular weight excluding hydrogens is 431 g/mol. The lowest BCUT2D eigenvalue weighted by atomic mass is 10.2. The van der Waals surface area contributed by atoms with Gasteiger partial charge >= 0.3 is 0 Å². The summed E-state index contributed by atoms with van der Waals surface area (Å²) in [5.74, 6) is 0.0715. The molecule has 0 fully saturated rings. The first kappa shape index (κ1) is 20.4. The van der Waals surface area contributed by atoms with Crippen molar-refractivity contribution >= 4 is 16.9 Å². The highest BCUT2D eigenvalue weighted by Gasteiger charge is 2.15. The van der Waals surface area contributed by atoms with Crippen molar-refractivity contribution in [1.29, 1.82) is 0 Å². The number of nitrogens with zero attached hydrogens (tertiary/aromatic N) is 5. The second-order valence-corrected chi connectivity index (χ2v) is 7.22. The largest absolute Gasteiger partial charge is 0.461 e. The molecule has 10 nitrogen and oxygen atoms in total. The molecule has 1 N–H and O–H groups in total. The van der Waals surface area contributed by atoms with E-state index in [0.29, 0.717) is 29.1 Å². The number of nitrogens with one attached hydrogen (secondary N) is 1. The Balaban J connectivity index is 1.24. The van der Waals surface area contributed by atoms with Crippen LogP contribution in [0, 0.1) is 5.82 Å². The molecule has 11 heteroatoms. The van der Waals surface area contributed by atoms with Crippen molar-refractivity contribution in [2.24, 2.45) is 0 Å². The Morgan fingerprint density at radius 3 is 2.79 bits per heavy atom. The van der Waals surface area contributed by atoms with Crippen LogP contribution in [0.15, 0.2) is 75.0 Å². The van der Waals surface area contributed by atoms with Gasteiger partial charge < -0.3 is 14.3 Å². The summed E-state index contributed by atoms with van der Waals surface area (Å²) in [4.78, 5) is 29.4. The van der Waals surface area contributed by atoms with Gasteiger partial charge in [0.1, 0.15) is 17.5 Å². The standard InChI is InChI=1S/C22H17FN6O4/c23-15-5-3-14(4-6-15)12-28-13-25-20-16(22(28)31)11-26-29(20)8-7-24-21(30)17-10-19(33-27-17)18-2-1-9-32-18/h1-6,9-11,13H,7-8,12H2,(H,24,30). The predicted molar refractivity (Wildman–Crippen MR) is 114 cm³/mol. The Hall–Kier alpha value is -4.54. The maximum atomic E-state index is 13.1. The normalized spacial score (nSPS) is 11.2. The maximum absolute atomic E-state index is 13.1. The smallest absolute Gasteiger partial charge is 0.273 e. The van der Waals surface area contributed by atoms with Crippen LogP contribution in [0.1, 0.15) is 16.1 Å². The molecule has 0 atom stereocenters. The molecular formula is C22H17FN6O4. The van der Waals surface area contributed by atoms with E-state index in [1.54, 1.807) is 24.3 Å². The third-order valence-corrected chi connectivity index (χ3v) is 5.00. The third kappa shape index (κ3) is 4.15. The summed E-state index contributed by atoms with van der Waals surface area (Å²) in [6.07, 6.45) is 4.37. The van der Waals surface area contributed by atoms with Gasteiger partial charge in [0, 0.05) is 12.6 Å². The second-order valence-electron chi connectivity index (χ2n) is 7.22. The number of hydrogen-bond acceptors (Lipinski definition) is 7. The molecule has 0 unspecified atom stereocenters. The van der Waals surface area contributed by atoms with Gasteiger partial charge in [-0.25, -0.2) is 14.1 Å². The first-order chi connectivity index (χ1) is 16.1. The summed E-state index contributed by atoms with van der Waals surface area (Å²) < 4.78 is 26.4. The molecule has 0 saturated heterocycles. The predicted octanol–water partition coefficient (Wildman–Crippen LogP) is 2.46. The van der Waals surface area contributed by atoms with E-state index in [1.807, 2.05) is 0 Å². The van der Waals surface area contributed by atoms with Gasteiger partial charge in [-0.2, -0.15) is 5.10 Å². The maximum Gasteiger partial charge on any atom is 0.273 e. The molecule has 0 saturated carbocycles. The lowest BCUT2D eigenvalue weighted by Crippen LogP contribution is -2.28. The Morgan fingerprint density at radius 1 is 1.15 bits per heavy atom. The van der Waals surface area contributed by atoms with E-state index in [9.17, 15) is 14.0 Å². The number of carbonyl (C=O) groups excluding carboxylic acids is 1. The van der Waals surface area contributed by atoms with Gasteiger partial charge in [0.05, 0.1) is 25.5 Å². The van der Waals surface area contributed by atoms with Gasteiger partial charge in [-0.1, -0.05) is 17.3 Å². The van der Waals surface area contributed by atoms with Crippen LogP contribution in [0.25, 0.3) is 22.6 Å². The fraction of sp³-hybridized carbons (Fsp3) is 0.136. The number of aromatic nitrogens is 5. The van der Waals surface area contributed by atoms with E-state index in [4.69, 9.17) is 8.94 Å². The molecule has 4 aromatic heterocycles. The second kappa shape index (κ2) is 8.54. The number of halogens is 1. The van der Waals surface area contributed by atoms with Crippen LogP contribution < -0.4 is 10.9 Å². The number of fused-ring (bicyclic) bond motifs is 1. The van der Waals surface area contributed by atoms with E-state index in [0.717, 1.165) is 5.56 Å². The SMILES string of the molecule is O=C(NCCn1ncc2c(=O)n(Cc3ccc(F)cc3)cnc21)c1cc(-c2ccco2)on1. The average molecular weight is 448 g/mol. The van der Waals surface area contributed by atoms with Crippen molar-refractivity contribution in [3.05, 3.63) is 88.7 Å². The summed E-state index contributed by atoms with van der Waals surface area (Å²) in [7, 11) is 0. The van der Waals surface area contributed by atoms with Gasteiger partial charge in [0.15, 0.2) is 17.1 Å². The van der Waals surface area contributed by atoms with E-state index in [2.05, 4.69) is 20.6 Å². The molecule has 0 radical (unpaired) electrons. The van der Waals surface area contributed by atoms with Crippen molar-refractivity contribution in [2.75, 3.05) is 6.54 Å². The number of carbonyl (C=O) groups is 1.